The second-order valence-electron chi connectivity index (χ2n) is 3.29. The second-order valence-corrected chi connectivity index (χ2v) is 3.29. The number of nitrogens with two attached hydrogens (primary N) is 2. The van der Waals surface area contributed by atoms with Gasteiger partial charge in [-0.2, -0.15) is 0 Å². The van der Waals surface area contributed by atoms with Crippen LogP contribution in [0.25, 0.3) is 0 Å². The van der Waals surface area contributed by atoms with Gasteiger partial charge in [0.1, 0.15) is 12.1 Å². The summed E-state index contributed by atoms with van der Waals surface area (Å²) in [6.45, 7) is 1.67. The number of hydrogen-bond donors (Lipinski definition) is 3. The van der Waals surface area contributed by atoms with E-state index in [-0.39, 0.29) is 12.8 Å². The summed E-state index contributed by atoms with van der Waals surface area (Å²) in [5, 5.41) is 8.36. The average Bonchev–Trinajstić information content (AvgIpc) is 2.24. The lowest BCUT2D eigenvalue weighted by atomic mass is 10.2. The first-order valence-electron chi connectivity index (χ1n) is 4.87. The summed E-state index contributed by atoms with van der Waals surface area (Å²) in [5.74, 6) is -2.87. The Morgan fingerprint density at radius 3 is 2.12 bits per heavy atom. The number of esters is 2. The molecule has 0 aromatic rings. The van der Waals surface area contributed by atoms with Crippen LogP contribution >= 0.6 is 0 Å². The van der Waals surface area contributed by atoms with E-state index in [2.05, 4.69) is 4.74 Å². The highest BCUT2D eigenvalue weighted by molar-refractivity contribution is 5.90. The quantitative estimate of drug-likeness (QED) is 0.394. The maximum absolute atomic E-state index is 11.2. The minimum absolute atomic E-state index is 0.0805. The van der Waals surface area contributed by atoms with Gasteiger partial charge in [0.05, 0.1) is 0 Å². The van der Waals surface area contributed by atoms with Gasteiger partial charge in [-0.3, -0.25) is 4.79 Å². The number of hydrogen-bond acceptors (Lipinski definition) is 6. The number of carboxylic acids is 1. The number of carboxylic acid groups (broad SMARTS) is 1. The first kappa shape index (κ1) is 14.5. The number of aliphatic carboxylic acids is 1. The fraction of sp³-hybridized carbons (Fsp3) is 0.667. The molecule has 0 fully saturated rings. The molecule has 0 spiro atoms. The molecule has 0 aromatic carbocycles. The maximum atomic E-state index is 11.2. The van der Waals surface area contributed by atoms with E-state index < -0.39 is 30.0 Å². The summed E-state index contributed by atoms with van der Waals surface area (Å²) < 4.78 is 4.38. The first-order chi connectivity index (χ1) is 7.38. The van der Waals surface area contributed by atoms with Crippen molar-refractivity contribution >= 4 is 17.9 Å². The fourth-order valence-electron chi connectivity index (χ4n) is 0.814. The van der Waals surface area contributed by atoms with Crippen molar-refractivity contribution < 1.29 is 24.2 Å². The molecule has 0 aliphatic rings. The molecule has 7 nitrogen and oxygen atoms in total. The van der Waals surface area contributed by atoms with Gasteiger partial charge in [-0.1, -0.05) is 6.92 Å². The molecule has 2 atom stereocenters. The highest BCUT2D eigenvalue weighted by Gasteiger charge is 2.22. The molecule has 5 N–H and O–H groups in total. The predicted octanol–water partition coefficient (Wildman–Crippen LogP) is -1.01. The molecule has 92 valence electrons. The van der Waals surface area contributed by atoms with E-state index in [1.165, 1.54) is 0 Å². The van der Waals surface area contributed by atoms with E-state index in [4.69, 9.17) is 16.6 Å². The van der Waals surface area contributed by atoms with Gasteiger partial charge in [-0.15, -0.1) is 0 Å². The summed E-state index contributed by atoms with van der Waals surface area (Å²) >= 11 is 0. The van der Waals surface area contributed by atoms with E-state index in [0.717, 1.165) is 0 Å². The molecule has 7 heteroatoms. The zero-order chi connectivity index (χ0) is 12.7. The molecule has 0 aliphatic carbocycles. The van der Waals surface area contributed by atoms with Crippen molar-refractivity contribution in [3.8, 4) is 0 Å². The van der Waals surface area contributed by atoms with Crippen molar-refractivity contribution in [3.63, 3.8) is 0 Å². The van der Waals surface area contributed by atoms with Crippen LogP contribution < -0.4 is 11.5 Å². The predicted molar refractivity (Wildman–Crippen MR) is 54.2 cm³/mol. The number of carbonyl (C=O) groups is 3. The first-order valence-corrected chi connectivity index (χ1v) is 4.87. The van der Waals surface area contributed by atoms with Crippen molar-refractivity contribution in [3.05, 3.63) is 0 Å². The van der Waals surface area contributed by atoms with Crippen LogP contribution in [0.3, 0.4) is 0 Å². The lowest BCUT2D eigenvalue weighted by molar-refractivity contribution is -0.161. The monoisotopic (exact) mass is 232 g/mol. The Balaban J connectivity index is 4.05. The Hall–Kier alpha value is -1.47. The topological polar surface area (TPSA) is 133 Å². The van der Waals surface area contributed by atoms with Gasteiger partial charge < -0.3 is 21.3 Å². The second kappa shape index (κ2) is 6.91. The molecular weight excluding hydrogens is 216 g/mol. The standard InChI is InChI=1S/C9H16N2O5/c1-2-5(10)8(14)16-9(15)6(11)3-4-7(12)13/h5-6H,2-4,10-11H2,1H3,(H,12,13)/t5?,6-/m1/s1. The Bertz CT molecular complexity index is 279. The third-order valence-electron chi connectivity index (χ3n) is 1.92. The normalized spacial score (nSPS) is 13.9. The van der Waals surface area contributed by atoms with Crippen molar-refractivity contribution in [2.45, 2.75) is 38.3 Å². The van der Waals surface area contributed by atoms with Crippen molar-refractivity contribution in [1.82, 2.24) is 0 Å². The van der Waals surface area contributed by atoms with Gasteiger partial charge in [0.15, 0.2) is 0 Å². The molecule has 16 heavy (non-hydrogen) atoms. The molecule has 0 aromatic heterocycles. The number of carbonyl (C=O) groups excluding carboxylic acids is 2. The largest absolute Gasteiger partial charge is 0.481 e. The van der Waals surface area contributed by atoms with Crippen LogP contribution in [0.5, 0.6) is 0 Å². The summed E-state index contributed by atoms with van der Waals surface area (Å²) in [6, 6.07) is -1.99. The number of rotatable bonds is 6. The van der Waals surface area contributed by atoms with Crippen LogP contribution in [0.1, 0.15) is 26.2 Å². The molecule has 0 amide bonds. The maximum Gasteiger partial charge on any atom is 0.330 e. The van der Waals surface area contributed by atoms with E-state index in [9.17, 15) is 14.4 Å². The van der Waals surface area contributed by atoms with Crippen LogP contribution in [-0.4, -0.2) is 35.1 Å². The van der Waals surface area contributed by atoms with Gasteiger partial charge in [-0.05, 0) is 12.8 Å². The zero-order valence-electron chi connectivity index (χ0n) is 9.01. The van der Waals surface area contributed by atoms with Crippen molar-refractivity contribution in [1.29, 1.82) is 0 Å². The Labute approximate surface area is 92.7 Å². The van der Waals surface area contributed by atoms with Crippen LogP contribution in [-0.2, 0) is 19.1 Å². The Morgan fingerprint density at radius 1 is 1.19 bits per heavy atom. The van der Waals surface area contributed by atoms with E-state index in [0.29, 0.717) is 6.42 Å². The zero-order valence-corrected chi connectivity index (χ0v) is 9.01. The molecule has 0 saturated carbocycles. The van der Waals surface area contributed by atoms with Crippen LogP contribution in [0.4, 0.5) is 0 Å². The van der Waals surface area contributed by atoms with Crippen LogP contribution in [0, 0.1) is 0 Å². The summed E-state index contributed by atoms with van der Waals surface area (Å²) in [6.07, 6.45) is 0.00355. The minimum Gasteiger partial charge on any atom is -0.481 e. The molecule has 0 bridgehead atoms. The van der Waals surface area contributed by atoms with Crippen LogP contribution in [0.2, 0.25) is 0 Å². The van der Waals surface area contributed by atoms with Crippen molar-refractivity contribution in [2.24, 2.45) is 11.5 Å². The van der Waals surface area contributed by atoms with Gasteiger partial charge in [0, 0.05) is 6.42 Å². The van der Waals surface area contributed by atoms with E-state index >= 15 is 0 Å². The molecule has 0 rings (SSSR count). The lowest BCUT2D eigenvalue weighted by Gasteiger charge is -2.11. The molecule has 0 saturated heterocycles. The third-order valence-corrected chi connectivity index (χ3v) is 1.92. The fourth-order valence-corrected chi connectivity index (χ4v) is 0.814. The van der Waals surface area contributed by atoms with E-state index in [1.54, 1.807) is 6.92 Å². The summed E-state index contributed by atoms with van der Waals surface area (Å²) in [5.41, 5.74) is 10.6. The summed E-state index contributed by atoms with van der Waals surface area (Å²) in [4.78, 5) is 32.5. The number of ether oxygens (including phenoxy) is 1. The molecule has 0 heterocycles. The average molecular weight is 232 g/mol. The smallest absolute Gasteiger partial charge is 0.330 e. The minimum atomic E-state index is -1.12. The van der Waals surface area contributed by atoms with Gasteiger partial charge >= 0.3 is 17.9 Å². The SMILES string of the molecule is CCC(N)C(=O)OC(=O)[C@H](N)CCC(=O)O. The Morgan fingerprint density at radius 2 is 1.69 bits per heavy atom. The molecule has 0 radical (unpaired) electrons. The molecule has 0 aliphatic heterocycles. The van der Waals surface area contributed by atoms with Crippen molar-refractivity contribution in [2.75, 3.05) is 0 Å². The lowest BCUT2D eigenvalue weighted by Crippen LogP contribution is -2.39. The highest BCUT2D eigenvalue weighted by atomic mass is 16.6. The van der Waals surface area contributed by atoms with Gasteiger partial charge in [-0.25, -0.2) is 9.59 Å². The van der Waals surface area contributed by atoms with Crippen LogP contribution in [0.15, 0.2) is 0 Å². The summed E-state index contributed by atoms with van der Waals surface area (Å²) in [7, 11) is 0. The molecule has 1 unspecified atom stereocenters. The highest BCUT2D eigenvalue weighted by Crippen LogP contribution is 1.99. The molecular formula is C9H16N2O5. The third kappa shape index (κ3) is 5.42. The van der Waals surface area contributed by atoms with Gasteiger partial charge in [0.2, 0.25) is 0 Å². The van der Waals surface area contributed by atoms with E-state index in [1.807, 2.05) is 0 Å². The van der Waals surface area contributed by atoms with Gasteiger partial charge in [0.25, 0.3) is 0 Å². The Kier molecular flexibility index (Phi) is 6.28.